The minimum atomic E-state index is -2.97. The van der Waals surface area contributed by atoms with Crippen LogP contribution in [0.4, 0.5) is 17.6 Å². The molecule has 0 fully saturated rings. The SMILES string of the molecule is NC(c1cccc(OC(F)F)c1)c1cc(F)c(Br)cc1F. The highest BCUT2D eigenvalue weighted by molar-refractivity contribution is 9.10. The van der Waals surface area contributed by atoms with Crippen LogP contribution < -0.4 is 10.5 Å². The second-order valence-electron chi connectivity index (χ2n) is 4.22. The Bertz CT molecular complexity index is 651. The van der Waals surface area contributed by atoms with Crippen LogP contribution in [0.5, 0.6) is 5.75 Å². The van der Waals surface area contributed by atoms with Gasteiger partial charge in [-0.15, -0.1) is 0 Å². The van der Waals surface area contributed by atoms with Crippen LogP contribution in [0.2, 0.25) is 0 Å². The van der Waals surface area contributed by atoms with E-state index in [4.69, 9.17) is 5.73 Å². The van der Waals surface area contributed by atoms with Gasteiger partial charge in [-0.1, -0.05) is 12.1 Å². The summed E-state index contributed by atoms with van der Waals surface area (Å²) >= 11 is 2.87. The Morgan fingerprint density at radius 2 is 1.76 bits per heavy atom. The summed E-state index contributed by atoms with van der Waals surface area (Å²) in [5.74, 6) is -1.46. The molecule has 2 aromatic carbocycles. The van der Waals surface area contributed by atoms with Crippen molar-refractivity contribution in [1.29, 1.82) is 0 Å². The van der Waals surface area contributed by atoms with Crippen molar-refractivity contribution in [2.24, 2.45) is 5.73 Å². The summed E-state index contributed by atoms with van der Waals surface area (Å²) in [6.07, 6.45) is 0. The molecule has 0 aromatic heterocycles. The van der Waals surface area contributed by atoms with Crippen LogP contribution in [-0.2, 0) is 0 Å². The molecule has 7 heteroatoms. The lowest BCUT2D eigenvalue weighted by Gasteiger charge is -2.15. The van der Waals surface area contributed by atoms with Gasteiger partial charge in [0.25, 0.3) is 0 Å². The topological polar surface area (TPSA) is 35.2 Å². The van der Waals surface area contributed by atoms with Crippen LogP contribution >= 0.6 is 15.9 Å². The second-order valence-corrected chi connectivity index (χ2v) is 5.07. The summed E-state index contributed by atoms with van der Waals surface area (Å²) in [5.41, 5.74) is 6.12. The molecule has 0 aliphatic rings. The Hall–Kier alpha value is -1.60. The predicted octanol–water partition coefficient (Wildman–Crippen LogP) is 4.38. The van der Waals surface area contributed by atoms with E-state index in [0.29, 0.717) is 5.56 Å². The molecule has 0 bridgehead atoms. The summed E-state index contributed by atoms with van der Waals surface area (Å²) in [4.78, 5) is 0. The molecule has 1 atom stereocenters. The van der Waals surface area contributed by atoms with Gasteiger partial charge in [0, 0.05) is 5.56 Å². The van der Waals surface area contributed by atoms with Crippen molar-refractivity contribution in [2.75, 3.05) is 0 Å². The van der Waals surface area contributed by atoms with Crippen LogP contribution in [0, 0.1) is 11.6 Å². The van der Waals surface area contributed by atoms with Gasteiger partial charge in [0.05, 0.1) is 10.5 Å². The molecule has 1 unspecified atom stereocenters. The van der Waals surface area contributed by atoms with E-state index < -0.39 is 24.3 Å². The molecule has 2 rings (SSSR count). The molecule has 0 aliphatic carbocycles. The van der Waals surface area contributed by atoms with Crippen LogP contribution in [-0.4, -0.2) is 6.61 Å². The number of benzene rings is 2. The van der Waals surface area contributed by atoms with Gasteiger partial charge in [-0.05, 0) is 45.8 Å². The number of rotatable bonds is 4. The zero-order valence-electron chi connectivity index (χ0n) is 10.5. The zero-order valence-corrected chi connectivity index (χ0v) is 12.1. The fraction of sp³-hybridized carbons (Fsp3) is 0.143. The van der Waals surface area contributed by atoms with E-state index in [2.05, 4.69) is 20.7 Å². The molecule has 21 heavy (non-hydrogen) atoms. The van der Waals surface area contributed by atoms with Gasteiger partial charge in [0.1, 0.15) is 17.4 Å². The molecule has 0 heterocycles. The maximum absolute atomic E-state index is 13.8. The van der Waals surface area contributed by atoms with Crippen molar-refractivity contribution >= 4 is 15.9 Å². The summed E-state index contributed by atoms with van der Waals surface area (Å²) in [7, 11) is 0. The lowest BCUT2D eigenvalue weighted by Crippen LogP contribution is -2.14. The number of halogens is 5. The van der Waals surface area contributed by atoms with Crippen LogP contribution in [0.3, 0.4) is 0 Å². The minimum absolute atomic E-state index is 0.0225. The Kier molecular flexibility index (Phi) is 4.84. The Labute approximate surface area is 126 Å². The monoisotopic (exact) mass is 363 g/mol. The highest BCUT2D eigenvalue weighted by Crippen LogP contribution is 2.28. The number of nitrogens with two attached hydrogens (primary N) is 1. The second kappa shape index (κ2) is 6.44. The standard InChI is InChI=1S/C14H10BrF4NO/c15-10-6-11(16)9(5-12(10)17)13(20)7-2-1-3-8(4-7)21-14(18)19/h1-6,13-14H,20H2. The lowest BCUT2D eigenvalue weighted by atomic mass is 9.99. The first-order chi connectivity index (χ1) is 9.88. The first-order valence-electron chi connectivity index (χ1n) is 5.83. The van der Waals surface area contributed by atoms with Crippen molar-refractivity contribution in [3.8, 4) is 5.75 Å². The normalized spacial score (nSPS) is 12.5. The maximum Gasteiger partial charge on any atom is 0.387 e. The molecule has 0 aliphatic heterocycles. The first kappa shape index (κ1) is 15.8. The van der Waals surface area contributed by atoms with Crippen LogP contribution in [0.15, 0.2) is 40.9 Å². The third-order valence-corrected chi connectivity index (χ3v) is 3.42. The van der Waals surface area contributed by atoms with Crippen molar-refractivity contribution in [3.05, 3.63) is 63.6 Å². The van der Waals surface area contributed by atoms with Gasteiger partial charge in [-0.2, -0.15) is 8.78 Å². The van der Waals surface area contributed by atoms with Gasteiger partial charge in [0.2, 0.25) is 0 Å². The Morgan fingerprint density at radius 1 is 1.05 bits per heavy atom. The number of ether oxygens (including phenoxy) is 1. The summed E-state index contributed by atoms with van der Waals surface area (Å²) in [6.45, 7) is -2.97. The highest BCUT2D eigenvalue weighted by atomic mass is 79.9. The van der Waals surface area contributed by atoms with E-state index in [-0.39, 0.29) is 15.8 Å². The van der Waals surface area contributed by atoms with Crippen molar-refractivity contribution in [1.82, 2.24) is 0 Å². The average molecular weight is 364 g/mol. The van der Waals surface area contributed by atoms with E-state index >= 15 is 0 Å². The lowest BCUT2D eigenvalue weighted by molar-refractivity contribution is -0.0498. The van der Waals surface area contributed by atoms with E-state index in [9.17, 15) is 17.6 Å². The van der Waals surface area contributed by atoms with E-state index in [0.717, 1.165) is 12.1 Å². The number of hydrogen-bond acceptors (Lipinski definition) is 2. The Balaban J connectivity index is 2.36. The third-order valence-electron chi connectivity index (χ3n) is 2.82. The van der Waals surface area contributed by atoms with Crippen molar-refractivity contribution in [2.45, 2.75) is 12.7 Å². The van der Waals surface area contributed by atoms with Crippen molar-refractivity contribution < 1.29 is 22.3 Å². The summed E-state index contributed by atoms with van der Waals surface area (Å²) < 4.78 is 55.9. The number of alkyl halides is 2. The molecule has 0 radical (unpaired) electrons. The molecule has 0 saturated heterocycles. The zero-order chi connectivity index (χ0) is 15.6. The maximum atomic E-state index is 13.8. The van der Waals surface area contributed by atoms with Crippen LogP contribution in [0.1, 0.15) is 17.2 Å². The average Bonchev–Trinajstić information content (AvgIpc) is 2.41. The van der Waals surface area contributed by atoms with E-state index in [1.807, 2.05) is 0 Å². The largest absolute Gasteiger partial charge is 0.435 e. The van der Waals surface area contributed by atoms with E-state index in [1.165, 1.54) is 24.3 Å². The molecular weight excluding hydrogens is 354 g/mol. The summed E-state index contributed by atoms with van der Waals surface area (Å²) in [5, 5.41) is 0. The number of hydrogen-bond donors (Lipinski definition) is 1. The van der Waals surface area contributed by atoms with Gasteiger partial charge in [-0.3, -0.25) is 0 Å². The summed E-state index contributed by atoms with van der Waals surface area (Å²) in [6, 6.07) is 6.46. The molecule has 2 nitrogen and oxygen atoms in total. The quantitative estimate of drug-likeness (QED) is 0.646. The van der Waals surface area contributed by atoms with Crippen molar-refractivity contribution in [3.63, 3.8) is 0 Å². The van der Waals surface area contributed by atoms with Gasteiger partial charge in [0.15, 0.2) is 0 Å². The molecule has 0 saturated carbocycles. The van der Waals surface area contributed by atoms with E-state index in [1.54, 1.807) is 0 Å². The van der Waals surface area contributed by atoms with Gasteiger partial charge < -0.3 is 10.5 Å². The molecule has 0 amide bonds. The molecule has 2 aromatic rings. The minimum Gasteiger partial charge on any atom is -0.435 e. The van der Waals surface area contributed by atoms with Crippen LogP contribution in [0.25, 0.3) is 0 Å². The fourth-order valence-electron chi connectivity index (χ4n) is 1.84. The first-order valence-corrected chi connectivity index (χ1v) is 6.62. The predicted molar refractivity (Wildman–Crippen MR) is 73.2 cm³/mol. The smallest absolute Gasteiger partial charge is 0.387 e. The fourth-order valence-corrected chi connectivity index (χ4v) is 2.16. The molecule has 0 spiro atoms. The van der Waals surface area contributed by atoms with Gasteiger partial charge in [-0.25, -0.2) is 8.78 Å². The molecule has 2 N–H and O–H groups in total. The molecular formula is C14H10BrF4NO. The molecule has 112 valence electrons. The third kappa shape index (κ3) is 3.74. The Morgan fingerprint density at radius 3 is 2.43 bits per heavy atom. The highest BCUT2D eigenvalue weighted by Gasteiger charge is 2.17. The van der Waals surface area contributed by atoms with Gasteiger partial charge >= 0.3 is 6.61 Å².